The second-order valence-electron chi connectivity index (χ2n) is 5.44. The first-order valence-electron chi connectivity index (χ1n) is 7.52. The Morgan fingerprint density at radius 2 is 2.13 bits per heavy atom. The summed E-state index contributed by atoms with van der Waals surface area (Å²) in [4.78, 5) is 12.1. The van der Waals surface area contributed by atoms with Gasteiger partial charge in [-0.15, -0.1) is 0 Å². The van der Waals surface area contributed by atoms with Gasteiger partial charge in [-0.1, -0.05) is 0 Å². The first-order valence-corrected chi connectivity index (χ1v) is 7.52. The van der Waals surface area contributed by atoms with E-state index < -0.39 is 0 Å². The predicted octanol–water partition coefficient (Wildman–Crippen LogP) is 2.71. The molecule has 0 unspecified atom stereocenters. The van der Waals surface area contributed by atoms with Crippen LogP contribution in [0.3, 0.4) is 0 Å². The van der Waals surface area contributed by atoms with Gasteiger partial charge < -0.3 is 14.2 Å². The Morgan fingerprint density at radius 1 is 1.26 bits per heavy atom. The zero-order chi connectivity index (χ0) is 16.2. The lowest BCUT2D eigenvalue weighted by Gasteiger charge is -2.02. The summed E-state index contributed by atoms with van der Waals surface area (Å²) in [6, 6.07) is 9.20. The molecule has 0 aliphatic rings. The zero-order valence-electron chi connectivity index (χ0n) is 13.2. The number of hydrogen-bond acceptors (Lipinski definition) is 4. The zero-order valence-corrected chi connectivity index (χ0v) is 13.2. The van der Waals surface area contributed by atoms with E-state index in [9.17, 15) is 4.79 Å². The van der Waals surface area contributed by atoms with E-state index >= 15 is 0 Å². The summed E-state index contributed by atoms with van der Waals surface area (Å²) >= 11 is 0. The summed E-state index contributed by atoms with van der Waals surface area (Å²) in [5.74, 6) is 1.62. The average molecular weight is 313 g/mol. The number of amides is 1. The fourth-order valence-corrected chi connectivity index (χ4v) is 2.41. The van der Waals surface area contributed by atoms with Gasteiger partial charge in [-0.2, -0.15) is 5.10 Å². The van der Waals surface area contributed by atoms with Crippen LogP contribution < -0.4 is 5.32 Å². The summed E-state index contributed by atoms with van der Waals surface area (Å²) in [5, 5.41) is 7.20. The van der Waals surface area contributed by atoms with Crippen molar-refractivity contribution < 1.29 is 13.6 Å². The highest BCUT2D eigenvalue weighted by Crippen LogP contribution is 2.11. The Morgan fingerprint density at radius 3 is 2.83 bits per heavy atom. The number of rotatable bonds is 6. The van der Waals surface area contributed by atoms with Gasteiger partial charge in [-0.3, -0.25) is 9.48 Å². The molecule has 23 heavy (non-hydrogen) atoms. The number of nitrogens with zero attached hydrogens (tertiary/aromatic N) is 2. The summed E-state index contributed by atoms with van der Waals surface area (Å²) in [6.45, 7) is 4.95. The maximum Gasteiger partial charge on any atom is 0.287 e. The molecule has 1 N–H and O–H groups in total. The minimum Gasteiger partial charge on any atom is -0.469 e. The fraction of sp³-hybridized carbons (Fsp3) is 0.294. The van der Waals surface area contributed by atoms with Crippen LogP contribution in [-0.4, -0.2) is 22.2 Å². The topological polar surface area (TPSA) is 73.2 Å². The highest BCUT2D eigenvalue weighted by atomic mass is 16.4. The Balaban J connectivity index is 1.55. The van der Waals surface area contributed by atoms with Crippen molar-refractivity contribution >= 4 is 5.91 Å². The normalized spacial score (nSPS) is 10.9. The molecule has 0 fully saturated rings. The molecule has 0 aliphatic heterocycles. The van der Waals surface area contributed by atoms with Crippen LogP contribution in [0, 0.1) is 13.8 Å². The number of carbonyl (C=O) groups is 1. The highest BCUT2D eigenvalue weighted by Gasteiger charge is 2.12. The van der Waals surface area contributed by atoms with Crippen LogP contribution >= 0.6 is 0 Å². The van der Waals surface area contributed by atoms with Crippen molar-refractivity contribution in [1.82, 2.24) is 15.1 Å². The van der Waals surface area contributed by atoms with E-state index in [-0.39, 0.29) is 5.91 Å². The van der Waals surface area contributed by atoms with Crippen molar-refractivity contribution in [1.29, 1.82) is 0 Å². The molecule has 0 bridgehead atoms. The Hall–Kier alpha value is -2.76. The van der Waals surface area contributed by atoms with E-state index in [1.54, 1.807) is 18.4 Å². The SMILES string of the molecule is Cc1cc(C)n(Cc2ccc(C(=O)NCCc3ccco3)o2)n1. The molecule has 3 rings (SSSR count). The number of furan rings is 2. The Bertz CT molecular complexity index is 784. The van der Waals surface area contributed by atoms with Crippen LogP contribution in [0.1, 0.15) is 33.5 Å². The number of aryl methyl sites for hydroxylation is 2. The van der Waals surface area contributed by atoms with Gasteiger partial charge in [-0.05, 0) is 44.2 Å². The third-order valence-electron chi connectivity index (χ3n) is 3.53. The van der Waals surface area contributed by atoms with Gasteiger partial charge >= 0.3 is 0 Å². The Labute approximate surface area is 134 Å². The monoisotopic (exact) mass is 313 g/mol. The van der Waals surface area contributed by atoms with Crippen LogP contribution in [-0.2, 0) is 13.0 Å². The van der Waals surface area contributed by atoms with Gasteiger partial charge in [0.15, 0.2) is 5.76 Å². The molecule has 6 heteroatoms. The molecule has 1 amide bonds. The van der Waals surface area contributed by atoms with Gasteiger partial charge in [0.2, 0.25) is 0 Å². The highest BCUT2D eigenvalue weighted by molar-refractivity contribution is 5.91. The maximum absolute atomic E-state index is 12.1. The third-order valence-corrected chi connectivity index (χ3v) is 3.53. The lowest BCUT2D eigenvalue weighted by atomic mass is 10.3. The standard InChI is InChI=1S/C17H19N3O3/c1-12-10-13(2)20(19-12)11-15-5-6-16(23-15)17(21)18-8-7-14-4-3-9-22-14/h3-6,9-10H,7-8,11H2,1-2H3,(H,18,21). The van der Waals surface area contributed by atoms with Gasteiger partial charge in [0, 0.05) is 18.7 Å². The summed E-state index contributed by atoms with van der Waals surface area (Å²) in [5.41, 5.74) is 2.02. The minimum absolute atomic E-state index is 0.226. The van der Waals surface area contributed by atoms with Crippen molar-refractivity contribution in [3.8, 4) is 0 Å². The number of carbonyl (C=O) groups excluding carboxylic acids is 1. The molecule has 0 aromatic carbocycles. The van der Waals surface area contributed by atoms with Crippen molar-refractivity contribution in [3.05, 3.63) is 65.3 Å². The molecular weight excluding hydrogens is 294 g/mol. The van der Waals surface area contributed by atoms with Crippen LogP contribution in [0.15, 0.2) is 45.4 Å². The molecule has 0 radical (unpaired) electrons. The molecule has 0 aliphatic carbocycles. The fourth-order valence-electron chi connectivity index (χ4n) is 2.41. The van der Waals surface area contributed by atoms with Crippen LogP contribution in [0.25, 0.3) is 0 Å². The van der Waals surface area contributed by atoms with Gasteiger partial charge in [-0.25, -0.2) is 0 Å². The summed E-state index contributed by atoms with van der Waals surface area (Å²) < 4.78 is 12.7. The molecule has 3 heterocycles. The van der Waals surface area contributed by atoms with Gasteiger partial charge in [0.05, 0.1) is 18.5 Å². The van der Waals surface area contributed by atoms with Gasteiger partial charge in [0.1, 0.15) is 11.5 Å². The Kier molecular flexibility index (Phi) is 4.32. The first-order chi connectivity index (χ1) is 11.1. The first kappa shape index (κ1) is 15.1. The van der Waals surface area contributed by atoms with Crippen LogP contribution in [0.2, 0.25) is 0 Å². The van der Waals surface area contributed by atoms with Crippen molar-refractivity contribution in [2.24, 2.45) is 0 Å². The van der Waals surface area contributed by atoms with E-state index in [0.717, 1.165) is 17.1 Å². The second kappa shape index (κ2) is 6.56. The number of hydrogen-bond donors (Lipinski definition) is 1. The molecule has 0 atom stereocenters. The van der Waals surface area contributed by atoms with Gasteiger partial charge in [0.25, 0.3) is 5.91 Å². The van der Waals surface area contributed by atoms with E-state index in [0.29, 0.717) is 31.0 Å². The summed E-state index contributed by atoms with van der Waals surface area (Å²) in [7, 11) is 0. The van der Waals surface area contributed by atoms with Crippen LogP contribution in [0.4, 0.5) is 0 Å². The van der Waals surface area contributed by atoms with Crippen LogP contribution in [0.5, 0.6) is 0 Å². The molecule has 0 saturated carbocycles. The molecule has 0 saturated heterocycles. The van der Waals surface area contributed by atoms with E-state index in [2.05, 4.69) is 10.4 Å². The molecule has 6 nitrogen and oxygen atoms in total. The second-order valence-corrected chi connectivity index (χ2v) is 5.44. The average Bonchev–Trinajstić information content (AvgIpc) is 3.22. The summed E-state index contributed by atoms with van der Waals surface area (Å²) in [6.07, 6.45) is 2.27. The molecule has 120 valence electrons. The number of nitrogens with one attached hydrogen (secondary N) is 1. The molecule has 3 aromatic rings. The molecule has 0 spiro atoms. The van der Waals surface area contributed by atoms with E-state index in [1.807, 2.05) is 36.7 Å². The predicted molar refractivity (Wildman–Crippen MR) is 84.3 cm³/mol. The lowest BCUT2D eigenvalue weighted by Crippen LogP contribution is -2.25. The van der Waals surface area contributed by atoms with Crippen molar-refractivity contribution in [2.45, 2.75) is 26.8 Å². The van der Waals surface area contributed by atoms with Crippen molar-refractivity contribution in [3.63, 3.8) is 0 Å². The van der Waals surface area contributed by atoms with E-state index in [1.165, 1.54) is 0 Å². The molecular formula is C17H19N3O3. The largest absolute Gasteiger partial charge is 0.469 e. The number of aromatic nitrogens is 2. The lowest BCUT2D eigenvalue weighted by molar-refractivity contribution is 0.0924. The molecule has 3 aromatic heterocycles. The smallest absolute Gasteiger partial charge is 0.287 e. The maximum atomic E-state index is 12.1. The quantitative estimate of drug-likeness (QED) is 0.759. The van der Waals surface area contributed by atoms with E-state index in [4.69, 9.17) is 8.83 Å². The van der Waals surface area contributed by atoms with Crippen molar-refractivity contribution in [2.75, 3.05) is 6.54 Å². The minimum atomic E-state index is -0.226. The third kappa shape index (κ3) is 3.71.